The van der Waals surface area contributed by atoms with Gasteiger partial charge in [-0.2, -0.15) is 0 Å². The Kier molecular flexibility index (Phi) is 7.54. The number of nitrogens with zero attached hydrogens (tertiary/aromatic N) is 2. The third-order valence-electron chi connectivity index (χ3n) is 5.08. The molecule has 1 aromatic heterocycles. The Balaban J connectivity index is 1.94. The van der Waals surface area contributed by atoms with Crippen LogP contribution in [0.3, 0.4) is 0 Å². The first-order valence-corrected chi connectivity index (χ1v) is 10.4. The quantitative estimate of drug-likeness (QED) is 0.181. The number of rotatable bonds is 7. The maximum Gasteiger partial charge on any atom is 0.273 e. The normalized spacial score (nSPS) is 11.0. The number of benzene rings is 2. The molecule has 176 valence electrons. The predicted molar refractivity (Wildman–Crippen MR) is 122 cm³/mol. The highest BCUT2D eigenvalue weighted by atomic mass is 19.3. The van der Waals surface area contributed by atoms with Crippen molar-refractivity contribution in [1.82, 2.24) is 4.98 Å². The van der Waals surface area contributed by atoms with Gasteiger partial charge in [-0.05, 0) is 23.8 Å². The first-order chi connectivity index (χ1) is 16.2. The van der Waals surface area contributed by atoms with Crippen molar-refractivity contribution in [2.45, 2.75) is 32.2 Å². The summed E-state index contributed by atoms with van der Waals surface area (Å²) in [6.45, 7) is 1.19. The Labute approximate surface area is 194 Å². The van der Waals surface area contributed by atoms with E-state index < -0.39 is 35.4 Å². The average Bonchev–Trinajstić information content (AvgIpc) is 2.80. The van der Waals surface area contributed by atoms with E-state index in [-0.39, 0.29) is 35.3 Å². The Morgan fingerprint density at radius 1 is 1.18 bits per heavy atom. The Morgan fingerprint density at radius 3 is 2.62 bits per heavy atom. The summed E-state index contributed by atoms with van der Waals surface area (Å²) in [6.07, 6.45) is 2.14. The maximum absolute atomic E-state index is 15.1. The van der Waals surface area contributed by atoms with Crippen LogP contribution in [-0.2, 0) is 12.5 Å². The van der Waals surface area contributed by atoms with Crippen LogP contribution in [0.4, 0.5) is 29.1 Å². The fourth-order valence-corrected chi connectivity index (χ4v) is 3.38. The molecule has 4 N–H and O–H groups in total. The number of hydroxylamine groups is 1. The lowest BCUT2D eigenvalue weighted by Gasteiger charge is -2.23. The first-order valence-electron chi connectivity index (χ1n) is 10.4. The second-order valence-electron chi connectivity index (χ2n) is 7.52. The van der Waals surface area contributed by atoms with Crippen LogP contribution >= 0.6 is 0 Å². The minimum atomic E-state index is -3.12. The molecular weight excluding hydrogens is 448 g/mol. The molecule has 0 aliphatic rings. The van der Waals surface area contributed by atoms with E-state index in [9.17, 15) is 18.4 Å². The highest BCUT2D eigenvalue weighted by Gasteiger charge is 2.33. The second-order valence-corrected chi connectivity index (χ2v) is 7.52. The number of halogens is 4. The SMILES string of the molecule is CCCC(F)(F)c1ccccc1CN(O)c1ccc(F)c(C#Cc2cnc(N)c(C=N)c2)c1F. The number of hydrogen-bond donors (Lipinski definition) is 3. The van der Waals surface area contributed by atoms with Crippen LogP contribution in [0.1, 0.15) is 47.6 Å². The van der Waals surface area contributed by atoms with Gasteiger partial charge in [0.25, 0.3) is 5.92 Å². The summed E-state index contributed by atoms with van der Waals surface area (Å²) in [7, 11) is 0. The smallest absolute Gasteiger partial charge is 0.273 e. The van der Waals surface area contributed by atoms with Crippen LogP contribution in [0, 0.1) is 28.9 Å². The van der Waals surface area contributed by atoms with E-state index in [0.717, 1.165) is 18.3 Å². The molecule has 0 aliphatic heterocycles. The van der Waals surface area contributed by atoms with Gasteiger partial charge in [-0.3, -0.25) is 5.21 Å². The zero-order valence-electron chi connectivity index (χ0n) is 18.2. The lowest BCUT2D eigenvalue weighted by atomic mass is 9.98. The molecule has 9 heteroatoms. The maximum atomic E-state index is 15.1. The molecule has 0 fully saturated rings. The summed E-state index contributed by atoms with van der Waals surface area (Å²) in [4.78, 5) is 3.87. The molecule has 3 aromatic rings. The predicted octanol–water partition coefficient (Wildman–Crippen LogP) is 5.63. The fraction of sp³-hybridized carbons (Fsp3) is 0.200. The molecule has 0 unspecified atom stereocenters. The van der Waals surface area contributed by atoms with Crippen LogP contribution in [0.2, 0.25) is 0 Å². The molecule has 0 bridgehead atoms. The monoisotopic (exact) mass is 470 g/mol. The van der Waals surface area contributed by atoms with Crippen molar-refractivity contribution in [2.24, 2.45) is 0 Å². The Bertz CT molecular complexity index is 1270. The molecule has 0 spiro atoms. The van der Waals surface area contributed by atoms with Gasteiger partial charge in [0.05, 0.1) is 12.1 Å². The number of nitrogens with two attached hydrogens (primary N) is 1. The van der Waals surface area contributed by atoms with Crippen molar-refractivity contribution in [3.05, 3.63) is 88.1 Å². The van der Waals surface area contributed by atoms with Crippen LogP contribution in [0.5, 0.6) is 0 Å². The van der Waals surface area contributed by atoms with Gasteiger partial charge in [-0.1, -0.05) is 49.5 Å². The number of nitrogen functional groups attached to an aromatic ring is 1. The summed E-state index contributed by atoms with van der Waals surface area (Å²) in [6, 6.07) is 9.04. The van der Waals surface area contributed by atoms with E-state index in [4.69, 9.17) is 11.1 Å². The highest BCUT2D eigenvalue weighted by molar-refractivity contribution is 5.83. The lowest BCUT2D eigenvalue weighted by Crippen LogP contribution is -2.23. The Hall–Kier alpha value is -3.90. The van der Waals surface area contributed by atoms with Crippen molar-refractivity contribution >= 4 is 17.7 Å². The zero-order valence-corrected chi connectivity index (χ0v) is 18.2. The molecule has 0 amide bonds. The van der Waals surface area contributed by atoms with E-state index in [1.807, 2.05) is 0 Å². The third kappa shape index (κ3) is 5.35. The van der Waals surface area contributed by atoms with Crippen molar-refractivity contribution < 1.29 is 22.8 Å². The van der Waals surface area contributed by atoms with Gasteiger partial charge in [0.1, 0.15) is 17.3 Å². The fourth-order valence-electron chi connectivity index (χ4n) is 3.38. The molecular formula is C25H22F4N4O. The highest BCUT2D eigenvalue weighted by Crippen LogP contribution is 2.36. The van der Waals surface area contributed by atoms with E-state index in [1.54, 1.807) is 6.92 Å². The van der Waals surface area contributed by atoms with Crippen LogP contribution in [0.15, 0.2) is 48.7 Å². The lowest BCUT2D eigenvalue weighted by molar-refractivity contribution is -0.0150. The first kappa shape index (κ1) is 24.7. The summed E-state index contributed by atoms with van der Waals surface area (Å²) in [5.74, 6) is -0.203. The van der Waals surface area contributed by atoms with Gasteiger partial charge in [-0.25, -0.2) is 27.6 Å². The summed E-state index contributed by atoms with van der Waals surface area (Å²) in [5, 5.41) is 18.2. The van der Waals surface area contributed by atoms with Crippen LogP contribution < -0.4 is 10.8 Å². The zero-order chi connectivity index (χ0) is 24.9. The number of alkyl halides is 2. The molecule has 5 nitrogen and oxygen atoms in total. The minimum absolute atomic E-state index is 0.104. The van der Waals surface area contributed by atoms with Crippen molar-refractivity contribution in [1.29, 1.82) is 5.41 Å². The molecule has 2 aromatic carbocycles. The van der Waals surface area contributed by atoms with Gasteiger partial charge in [0, 0.05) is 35.5 Å². The molecule has 34 heavy (non-hydrogen) atoms. The van der Waals surface area contributed by atoms with Crippen LogP contribution in [0.25, 0.3) is 0 Å². The molecule has 0 atom stereocenters. The summed E-state index contributed by atoms with van der Waals surface area (Å²) in [5.41, 5.74) is 4.98. The van der Waals surface area contributed by atoms with Crippen molar-refractivity contribution in [3.8, 4) is 11.8 Å². The minimum Gasteiger partial charge on any atom is -0.383 e. The second kappa shape index (κ2) is 10.4. The van der Waals surface area contributed by atoms with Gasteiger partial charge in [0.15, 0.2) is 5.82 Å². The van der Waals surface area contributed by atoms with Crippen LogP contribution in [-0.4, -0.2) is 16.4 Å². The molecule has 1 heterocycles. The Morgan fingerprint density at radius 2 is 1.91 bits per heavy atom. The van der Waals surface area contributed by atoms with E-state index in [0.29, 0.717) is 10.6 Å². The molecule has 0 saturated carbocycles. The number of pyridine rings is 1. The number of hydrogen-bond acceptors (Lipinski definition) is 5. The number of nitrogens with one attached hydrogen (secondary N) is 1. The molecule has 3 rings (SSSR count). The van der Waals surface area contributed by atoms with Crippen molar-refractivity contribution in [3.63, 3.8) is 0 Å². The van der Waals surface area contributed by atoms with E-state index in [2.05, 4.69) is 16.8 Å². The molecule has 0 aliphatic carbocycles. The number of anilines is 2. The van der Waals surface area contributed by atoms with Gasteiger partial charge >= 0.3 is 0 Å². The van der Waals surface area contributed by atoms with Gasteiger partial charge < -0.3 is 11.1 Å². The standard InChI is InChI=1S/C25H22F4N4O/c1-2-11-25(28,29)20-6-4-3-5-17(20)15-33(34)22-10-9-21(26)19(23(22)27)8-7-16-12-18(13-30)24(31)32-14-16/h3-6,9-10,12-14,30,34H,2,11,15H2,1H3,(H2,31,32). The topological polar surface area (TPSA) is 86.2 Å². The van der Waals surface area contributed by atoms with E-state index in [1.165, 1.54) is 36.5 Å². The number of aromatic nitrogens is 1. The van der Waals surface area contributed by atoms with Crippen molar-refractivity contribution in [2.75, 3.05) is 10.8 Å². The average molecular weight is 470 g/mol. The molecule has 0 radical (unpaired) electrons. The van der Waals surface area contributed by atoms with Gasteiger partial charge in [-0.15, -0.1) is 0 Å². The summed E-state index contributed by atoms with van der Waals surface area (Å²) >= 11 is 0. The van der Waals surface area contributed by atoms with E-state index >= 15 is 4.39 Å². The largest absolute Gasteiger partial charge is 0.383 e. The summed E-state index contributed by atoms with van der Waals surface area (Å²) < 4.78 is 58.5. The van der Waals surface area contributed by atoms with Gasteiger partial charge in [0.2, 0.25) is 0 Å². The molecule has 0 saturated heterocycles. The third-order valence-corrected chi connectivity index (χ3v) is 5.08.